The summed E-state index contributed by atoms with van der Waals surface area (Å²) in [5, 5.41) is 11.1. The minimum atomic E-state index is -0.677. The van der Waals surface area contributed by atoms with E-state index >= 15 is 0 Å². The third-order valence-electron chi connectivity index (χ3n) is 3.77. The van der Waals surface area contributed by atoms with E-state index in [2.05, 4.69) is 0 Å². The molecule has 0 spiro atoms. The fourth-order valence-electron chi connectivity index (χ4n) is 2.49. The Morgan fingerprint density at radius 2 is 1.43 bits per heavy atom. The van der Waals surface area contributed by atoms with Gasteiger partial charge in [0.05, 0.1) is 13.2 Å². The summed E-state index contributed by atoms with van der Waals surface area (Å²) in [7, 11) is 0. The average molecular weight is 305 g/mol. The van der Waals surface area contributed by atoms with E-state index in [4.69, 9.17) is 21.1 Å². The SMILES string of the molecule is CC1(c2ccc(C(O)c3ccc(Cl)cc3)cc2)OCCO1. The van der Waals surface area contributed by atoms with Crippen molar-refractivity contribution in [2.24, 2.45) is 0 Å². The zero-order chi connectivity index (χ0) is 14.9. The molecule has 1 saturated heterocycles. The fourth-order valence-corrected chi connectivity index (χ4v) is 2.61. The van der Waals surface area contributed by atoms with E-state index in [1.165, 1.54) is 0 Å². The summed E-state index contributed by atoms with van der Waals surface area (Å²) in [5.74, 6) is -0.677. The number of halogens is 1. The number of aliphatic hydroxyl groups is 1. The Balaban J connectivity index is 1.82. The topological polar surface area (TPSA) is 38.7 Å². The van der Waals surface area contributed by atoms with Gasteiger partial charge in [-0.3, -0.25) is 0 Å². The lowest BCUT2D eigenvalue weighted by atomic mass is 9.98. The van der Waals surface area contributed by atoms with Crippen LogP contribution >= 0.6 is 11.6 Å². The molecule has 2 aromatic rings. The van der Waals surface area contributed by atoms with Crippen LogP contribution in [0.4, 0.5) is 0 Å². The third-order valence-corrected chi connectivity index (χ3v) is 4.03. The number of hydrogen-bond acceptors (Lipinski definition) is 3. The van der Waals surface area contributed by atoms with Crippen LogP contribution in [0.5, 0.6) is 0 Å². The van der Waals surface area contributed by atoms with Gasteiger partial charge in [0.2, 0.25) is 0 Å². The second-order valence-corrected chi connectivity index (χ2v) is 5.66. The maximum Gasteiger partial charge on any atom is 0.192 e. The number of ether oxygens (including phenoxy) is 2. The normalized spacial score (nSPS) is 18.6. The van der Waals surface area contributed by atoms with E-state index in [0.717, 1.165) is 16.7 Å². The lowest BCUT2D eigenvalue weighted by Crippen LogP contribution is -2.22. The predicted molar refractivity (Wildman–Crippen MR) is 81.2 cm³/mol. The van der Waals surface area contributed by atoms with E-state index in [9.17, 15) is 5.11 Å². The van der Waals surface area contributed by atoms with Crippen molar-refractivity contribution in [3.05, 3.63) is 70.2 Å². The minimum absolute atomic E-state index is 0.603. The maximum absolute atomic E-state index is 10.4. The molecule has 1 N–H and O–H groups in total. The van der Waals surface area contributed by atoms with E-state index in [1.807, 2.05) is 43.3 Å². The van der Waals surface area contributed by atoms with Gasteiger partial charge in [-0.2, -0.15) is 0 Å². The van der Waals surface area contributed by atoms with Gasteiger partial charge < -0.3 is 14.6 Å². The van der Waals surface area contributed by atoms with Crippen LogP contribution in [0.2, 0.25) is 5.02 Å². The van der Waals surface area contributed by atoms with Crippen molar-refractivity contribution in [2.45, 2.75) is 18.8 Å². The Bertz CT molecular complexity index is 601. The third kappa shape index (κ3) is 2.97. The molecular formula is C17H17ClO3. The zero-order valence-electron chi connectivity index (χ0n) is 11.8. The van der Waals surface area contributed by atoms with Gasteiger partial charge in [-0.25, -0.2) is 0 Å². The van der Waals surface area contributed by atoms with Gasteiger partial charge in [-0.15, -0.1) is 0 Å². The molecule has 1 atom stereocenters. The number of aliphatic hydroxyl groups excluding tert-OH is 1. The van der Waals surface area contributed by atoms with Crippen molar-refractivity contribution in [2.75, 3.05) is 13.2 Å². The van der Waals surface area contributed by atoms with E-state index in [1.54, 1.807) is 12.1 Å². The molecule has 1 fully saturated rings. The molecule has 1 heterocycles. The quantitative estimate of drug-likeness (QED) is 0.941. The summed E-state index contributed by atoms with van der Waals surface area (Å²) in [6.07, 6.45) is -0.672. The first kappa shape index (κ1) is 14.5. The van der Waals surface area contributed by atoms with E-state index in [0.29, 0.717) is 18.2 Å². The predicted octanol–water partition coefficient (Wildman–Crippen LogP) is 3.64. The van der Waals surface area contributed by atoms with Crippen molar-refractivity contribution in [1.29, 1.82) is 0 Å². The molecule has 110 valence electrons. The molecule has 0 aliphatic carbocycles. The molecule has 0 aromatic heterocycles. The second-order valence-electron chi connectivity index (χ2n) is 5.22. The molecule has 0 bridgehead atoms. The molecular weight excluding hydrogens is 288 g/mol. The van der Waals surface area contributed by atoms with Crippen LogP contribution in [0.25, 0.3) is 0 Å². The summed E-state index contributed by atoms with van der Waals surface area (Å²) in [6, 6.07) is 14.8. The van der Waals surface area contributed by atoms with E-state index < -0.39 is 11.9 Å². The number of rotatable bonds is 3. The van der Waals surface area contributed by atoms with E-state index in [-0.39, 0.29) is 0 Å². The first-order valence-corrected chi connectivity index (χ1v) is 7.28. The van der Waals surface area contributed by atoms with Crippen molar-refractivity contribution in [3.8, 4) is 0 Å². The van der Waals surface area contributed by atoms with Crippen LogP contribution in [0, 0.1) is 0 Å². The smallest absolute Gasteiger partial charge is 0.192 e. The van der Waals surface area contributed by atoms with Crippen LogP contribution in [-0.4, -0.2) is 18.3 Å². The molecule has 1 unspecified atom stereocenters. The monoisotopic (exact) mass is 304 g/mol. The van der Waals surface area contributed by atoms with Gasteiger partial charge in [0.25, 0.3) is 0 Å². The zero-order valence-corrected chi connectivity index (χ0v) is 12.5. The highest BCUT2D eigenvalue weighted by Gasteiger charge is 2.33. The van der Waals surface area contributed by atoms with Gasteiger partial charge in [0.15, 0.2) is 5.79 Å². The second kappa shape index (κ2) is 5.78. The van der Waals surface area contributed by atoms with Gasteiger partial charge in [-0.05, 0) is 30.2 Å². The number of hydrogen-bond donors (Lipinski definition) is 1. The molecule has 21 heavy (non-hydrogen) atoms. The van der Waals surface area contributed by atoms with Crippen molar-refractivity contribution in [3.63, 3.8) is 0 Å². The molecule has 3 rings (SSSR count). The van der Waals surface area contributed by atoms with Crippen LogP contribution in [-0.2, 0) is 15.3 Å². The molecule has 0 saturated carbocycles. The average Bonchev–Trinajstić information content (AvgIpc) is 2.96. The van der Waals surface area contributed by atoms with Gasteiger partial charge in [0, 0.05) is 10.6 Å². The summed E-state index contributed by atoms with van der Waals surface area (Å²) < 4.78 is 11.3. The first-order chi connectivity index (χ1) is 10.1. The highest BCUT2D eigenvalue weighted by Crippen LogP contribution is 2.32. The maximum atomic E-state index is 10.4. The van der Waals surface area contributed by atoms with Crippen LogP contribution in [0.15, 0.2) is 48.5 Å². The Morgan fingerprint density at radius 3 is 1.95 bits per heavy atom. The Morgan fingerprint density at radius 1 is 0.952 bits per heavy atom. The molecule has 1 aliphatic heterocycles. The standard InChI is InChI=1S/C17H17ClO3/c1-17(20-10-11-21-17)14-6-2-12(3-7-14)16(19)13-4-8-15(18)9-5-13/h2-9,16,19H,10-11H2,1H3. The Labute approximate surface area is 129 Å². The molecule has 2 aromatic carbocycles. The van der Waals surface area contributed by atoms with Gasteiger partial charge >= 0.3 is 0 Å². The Kier molecular flexibility index (Phi) is 4.00. The van der Waals surface area contributed by atoms with Crippen molar-refractivity contribution < 1.29 is 14.6 Å². The van der Waals surface area contributed by atoms with Gasteiger partial charge in [-0.1, -0.05) is 48.0 Å². The van der Waals surface area contributed by atoms with Crippen molar-refractivity contribution >= 4 is 11.6 Å². The highest BCUT2D eigenvalue weighted by atomic mass is 35.5. The lowest BCUT2D eigenvalue weighted by Gasteiger charge is -2.23. The minimum Gasteiger partial charge on any atom is -0.384 e. The first-order valence-electron chi connectivity index (χ1n) is 6.90. The van der Waals surface area contributed by atoms with Crippen LogP contribution < -0.4 is 0 Å². The molecule has 0 amide bonds. The summed E-state index contributed by atoms with van der Waals surface area (Å²) in [5.41, 5.74) is 2.58. The molecule has 1 aliphatic rings. The molecule has 4 heteroatoms. The van der Waals surface area contributed by atoms with Crippen LogP contribution in [0.3, 0.4) is 0 Å². The van der Waals surface area contributed by atoms with Gasteiger partial charge in [0.1, 0.15) is 6.10 Å². The Hall–Kier alpha value is -1.39. The molecule has 3 nitrogen and oxygen atoms in total. The highest BCUT2D eigenvalue weighted by molar-refractivity contribution is 6.30. The van der Waals surface area contributed by atoms with Crippen molar-refractivity contribution in [1.82, 2.24) is 0 Å². The molecule has 0 radical (unpaired) electrons. The van der Waals surface area contributed by atoms with Crippen LogP contribution in [0.1, 0.15) is 29.7 Å². The summed E-state index contributed by atoms with van der Waals surface area (Å²) in [6.45, 7) is 3.11. The fraction of sp³-hybridized carbons (Fsp3) is 0.294. The number of benzene rings is 2. The lowest BCUT2D eigenvalue weighted by molar-refractivity contribution is -0.149. The summed E-state index contributed by atoms with van der Waals surface area (Å²) >= 11 is 5.86. The largest absolute Gasteiger partial charge is 0.384 e. The summed E-state index contributed by atoms with van der Waals surface area (Å²) in [4.78, 5) is 0.